The highest BCUT2D eigenvalue weighted by Crippen LogP contribution is 2.23. The molecule has 1 aliphatic rings. The Morgan fingerprint density at radius 2 is 1.92 bits per heavy atom. The van der Waals surface area contributed by atoms with Gasteiger partial charge in [-0.05, 0) is 36.6 Å². The van der Waals surface area contributed by atoms with Crippen LogP contribution < -0.4 is 10.2 Å². The zero-order chi connectivity index (χ0) is 18.6. The Labute approximate surface area is 149 Å². The van der Waals surface area contributed by atoms with Gasteiger partial charge in [0.25, 0.3) is 0 Å². The molecule has 2 aromatic rings. The number of benzene rings is 1. The summed E-state index contributed by atoms with van der Waals surface area (Å²) in [4.78, 5) is 21.7. The summed E-state index contributed by atoms with van der Waals surface area (Å²) in [7, 11) is 0. The van der Waals surface area contributed by atoms with Gasteiger partial charge in [0.05, 0.1) is 0 Å². The van der Waals surface area contributed by atoms with Crippen LogP contribution in [0.3, 0.4) is 0 Å². The number of nitrogens with zero attached hydrogens (tertiary/aromatic N) is 3. The summed E-state index contributed by atoms with van der Waals surface area (Å²) in [6.45, 7) is 1.19. The average Bonchev–Trinajstić information content (AvgIpc) is 3.04. The largest absolute Gasteiger partial charge is 0.389 e. The lowest BCUT2D eigenvalue weighted by molar-refractivity contribution is -0.134. The predicted molar refractivity (Wildman–Crippen MR) is 91.8 cm³/mol. The maximum Gasteiger partial charge on any atom is 0.389 e. The van der Waals surface area contributed by atoms with Crippen molar-refractivity contribution in [3.8, 4) is 0 Å². The summed E-state index contributed by atoms with van der Waals surface area (Å²) in [6.07, 6.45) is -2.35. The van der Waals surface area contributed by atoms with E-state index in [4.69, 9.17) is 0 Å². The Morgan fingerprint density at radius 3 is 2.58 bits per heavy atom. The summed E-state index contributed by atoms with van der Waals surface area (Å²) in [5, 5.41) is 3.01. The van der Waals surface area contributed by atoms with Crippen molar-refractivity contribution in [1.82, 2.24) is 9.97 Å². The lowest BCUT2D eigenvalue weighted by atomic mass is 10.2. The van der Waals surface area contributed by atoms with Gasteiger partial charge in [-0.3, -0.25) is 4.79 Å². The standard InChI is InChI=1S/C18H19F3N4O/c19-18(20,21)9-7-14-8-10-22-17(24-14)23-12-13-3-5-15(6-4-13)25-11-1-2-16(25)26/h3-6,8,10H,1-2,7,9,11-12H2,(H,22,23,24). The van der Waals surface area contributed by atoms with Gasteiger partial charge in [-0.1, -0.05) is 12.1 Å². The Bertz CT molecular complexity index is 762. The van der Waals surface area contributed by atoms with Crippen LogP contribution in [0.5, 0.6) is 0 Å². The van der Waals surface area contributed by atoms with Crippen LogP contribution in [0.25, 0.3) is 0 Å². The van der Waals surface area contributed by atoms with Gasteiger partial charge in [0, 0.05) is 43.5 Å². The molecular formula is C18H19F3N4O. The molecule has 8 heteroatoms. The molecule has 1 aliphatic heterocycles. The van der Waals surface area contributed by atoms with Gasteiger partial charge in [0.1, 0.15) is 0 Å². The number of rotatable bonds is 6. The first-order valence-corrected chi connectivity index (χ1v) is 8.42. The highest BCUT2D eigenvalue weighted by Gasteiger charge is 2.26. The second kappa shape index (κ2) is 7.72. The number of amides is 1. The minimum Gasteiger partial charge on any atom is -0.350 e. The van der Waals surface area contributed by atoms with E-state index in [9.17, 15) is 18.0 Å². The second-order valence-electron chi connectivity index (χ2n) is 6.16. The van der Waals surface area contributed by atoms with Crippen LogP contribution in [0.2, 0.25) is 0 Å². The number of halogens is 3. The third-order valence-electron chi connectivity index (χ3n) is 4.15. The van der Waals surface area contributed by atoms with Crippen LogP contribution in [-0.4, -0.2) is 28.6 Å². The quantitative estimate of drug-likeness (QED) is 0.849. The summed E-state index contributed by atoms with van der Waals surface area (Å²) in [5.41, 5.74) is 2.19. The van der Waals surface area contributed by atoms with E-state index in [-0.39, 0.29) is 12.3 Å². The average molecular weight is 364 g/mol. The Balaban J connectivity index is 1.56. The zero-order valence-electron chi connectivity index (χ0n) is 14.1. The summed E-state index contributed by atoms with van der Waals surface area (Å²) >= 11 is 0. The SMILES string of the molecule is O=C1CCCN1c1ccc(CNc2nccc(CCC(F)(F)F)n2)cc1. The monoisotopic (exact) mass is 364 g/mol. The molecule has 1 fully saturated rings. The molecular weight excluding hydrogens is 345 g/mol. The first-order valence-electron chi connectivity index (χ1n) is 8.42. The molecule has 138 valence electrons. The molecule has 2 heterocycles. The number of anilines is 2. The molecule has 5 nitrogen and oxygen atoms in total. The summed E-state index contributed by atoms with van der Waals surface area (Å²) < 4.78 is 36.9. The molecule has 0 saturated carbocycles. The first kappa shape index (κ1) is 18.2. The van der Waals surface area contributed by atoms with Crippen molar-refractivity contribution in [3.05, 3.63) is 47.8 Å². The second-order valence-corrected chi connectivity index (χ2v) is 6.16. The number of aromatic nitrogens is 2. The third kappa shape index (κ3) is 4.93. The number of aryl methyl sites for hydroxylation is 1. The van der Waals surface area contributed by atoms with Crippen molar-refractivity contribution in [3.63, 3.8) is 0 Å². The topological polar surface area (TPSA) is 58.1 Å². The molecule has 3 rings (SSSR count). The third-order valence-corrected chi connectivity index (χ3v) is 4.15. The van der Waals surface area contributed by atoms with Crippen LogP contribution in [-0.2, 0) is 17.8 Å². The van der Waals surface area contributed by atoms with Crippen LogP contribution in [0.15, 0.2) is 36.5 Å². The minimum atomic E-state index is -4.20. The lowest BCUT2D eigenvalue weighted by Crippen LogP contribution is -2.23. The highest BCUT2D eigenvalue weighted by molar-refractivity contribution is 5.95. The fraction of sp³-hybridized carbons (Fsp3) is 0.389. The van der Waals surface area contributed by atoms with E-state index in [1.165, 1.54) is 12.3 Å². The van der Waals surface area contributed by atoms with E-state index in [1.54, 1.807) is 4.90 Å². The van der Waals surface area contributed by atoms with Crippen molar-refractivity contribution in [2.75, 3.05) is 16.8 Å². The van der Waals surface area contributed by atoms with E-state index in [0.717, 1.165) is 24.2 Å². The lowest BCUT2D eigenvalue weighted by Gasteiger charge is -2.16. The van der Waals surface area contributed by atoms with Gasteiger partial charge in [0.15, 0.2) is 0 Å². The molecule has 1 N–H and O–H groups in total. The van der Waals surface area contributed by atoms with Crippen LogP contribution >= 0.6 is 0 Å². The van der Waals surface area contributed by atoms with Crippen molar-refractivity contribution < 1.29 is 18.0 Å². The number of carbonyl (C=O) groups is 1. The van der Waals surface area contributed by atoms with Crippen LogP contribution in [0, 0.1) is 0 Å². The van der Waals surface area contributed by atoms with Gasteiger partial charge in [-0.25, -0.2) is 9.97 Å². The molecule has 0 spiro atoms. The van der Waals surface area contributed by atoms with Crippen molar-refractivity contribution in [2.24, 2.45) is 0 Å². The Kier molecular flexibility index (Phi) is 5.39. The van der Waals surface area contributed by atoms with Crippen molar-refractivity contribution >= 4 is 17.5 Å². The van der Waals surface area contributed by atoms with E-state index < -0.39 is 12.6 Å². The number of alkyl halides is 3. The molecule has 1 aromatic heterocycles. The van der Waals surface area contributed by atoms with E-state index in [1.807, 2.05) is 24.3 Å². The fourth-order valence-electron chi connectivity index (χ4n) is 2.79. The number of carbonyl (C=O) groups excluding carboxylic acids is 1. The minimum absolute atomic E-state index is 0.139. The zero-order valence-corrected chi connectivity index (χ0v) is 14.1. The summed E-state index contributed by atoms with van der Waals surface area (Å²) in [5.74, 6) is 0.434. The van der Waals surface area contributed by atoms with Crippen LogP contribution in [0.1, 0.15) is 30.5 Å². The molecule has 26 heavy (non-hydrogen) atoms. The van der Waals surface area contributed by atoms with Gasteiger partial charge in [-0.15, -0.1) is 0 Å². The smallest absolute Gasteiger partial charge is 0.350 e. The van der Waals surface area contributed by atoms with Gasteiger partial charge >= 0.3 is 6.18 Å². The molecule has 0 aliphatic carbocycles. The molecule has 1 amide bonds. The van der Waals surface area contributed by atoms with Gasteiger partial charge in [-0.2, -0.15) is 13.2 Å². The summed E-state index contributed by atoms with van der Waals surface area (Å²) in [6, 6.07) is 9.07. The fourth-order valence-corrected chi connectivity index (χ4v) is 2.79. The van der Waals surface area contributed by atoms with Crippen molar-refractivity contribution in [2.45, 2.75) is 38.4 Å². The van der Waals surface area contributed by atoms with Crippen LogP contribution in [0.4, 0.5) is 24.8 Å². The van der Waals surface area contributed by atoms with E-state index >= 15 is 0 Å². The molecule has 0 unspecified atom stereocenters. The normalized spacial score (nSPS) is 14.7. The highest BCUT2D eigenvalue weighted by atomic mass is 19.4. The molecule has 0 radical (unpaired) electrons. The maximum absolute atomic E-state index is 12.3. The van der Waals surface area contributed by atoms with Crippen molar-refractivity contribution in [1.29, 1.82) is 0 Å². The maximum atomic E-state index is 12.3. The molecule has 1 aromatic carbocycles. The van der Waals surface area contributed by atoms with E-state index in [2.05, 4.69) is 15.3 Å². The Hall–Kier alpha value is -2.64. The number of nitrogens with one attached hydrogen (secondary N) is 1. The number of hydrogen-bond donors (Lipinski definition) is 1. The first-order chi connectivity index (χ1) is 12.4. The predicted octanol–water partition coefficient (Wildman–Crippen LogP) is 3.71. The van der Waals surface area contributed by atoms with Gasteiger partial charge in [0.2, 0.25) is 11.9 Å². The molecule has 0 bridgehead atoms. The van der Waals surface area contributed by atoms with E-state index in [0.29, 0.717) is 24.6 Å². The van der Waals surface area contributed by atoms with Gasteiger partial charge < -0.3 is 10.2 Å². The Morgan fingerprint density at radius 1 is 1.15 bits per heavy atom. The molecule has 0 atom stereocenters. The number of hydrogen-bond acceptors (Lipinski definition) is 4. The molecule has 1 saturated heterocycles.